The second-order valence-corrected chi connectivity index (χ2v) is 8.99. The van der Waals surface area contributed by atoms with Gasteiger partial charge in [-0.1, -0.05) is 31.0 Å². The van der Waals surface area contributed by atoms with Crippen molar-refractivity contribution < 1.29 is 14.0 Å². The SMILES string of the molecule is CCCCN(C)CCNC(=O)c1ccc2c(c1)N(Cc1c(F)cccc1Cl)C(=O)CS2. The number of carbonyl (C=O) groups excluding carboxylic acids is 2. The molecule has 1 aliphatic heterocycles. The van der Waals surface area contributed by atoms with E-state index in [0.29, 0.717) is 17.8 Å². The van der Waals surface area contributed by atoms with Gasteiger partial charge in [0.1, 0.15) is 5.82 Å². The highest BCUT2D eigenvalue weighted by Gasteiger charge is 2.27. The number of anilines is 1. The van der Waals surface area contributed by atoms with Crippen LogP contribution in [0, 0.1) is 5.82 Å². The Bertz CT molecular complexity index is 936. The number of unbranched alkanes of at least 4 members (excludes halogenated alkanes) is 1. The van der Waals surface area contributed by atoms with Gasteiger partial charge >= 0.3 is 0 Å². The zero-order chi connectivity index (χ0) is 22.4. The number of hydrogen-bond donors (Lipinski definition) is 1. The van der Waals surface area contributed by atoms with Crippen LogP contribution in [0.1, 0.15) is 35.7 Å². The van der Waals surface area contributed by atoms with Crippen molar-refractivity contribution in [2.45, 2.75) is 31.2 Å². The Labute approximate surface area is 191 Å². The molecule has 2 aromatic rings. The fourth-order valence-corrected chi connectivity index (χ4v) is 4.50. The fourth-order valence-electron chi connectivity index (χ4n) is 3.36. The van der Waals surface area contributed by atoms with Crippen molar-refractivity contribution in [2.75, 3.05) is 37.3 Å². The molecule has 0 aromatic heterocycles. The van der Waals surface area contributed by atoms with Crippen LogP contribution in [-0.2, 0) is 11.3 Å². The van der Waals surface area contributed by atoms with E-state index < -0.39 is 5.82 Å². The average Bonchev–Trinajstić information content (AvgIpc) is 2.75. The minimum absolute atomic E-state index is 0.0190. The van der Waals surface area contributed by atoms with Crippen LogP contribution in [0.3, 0.4) is 0 Å². The molecule has 0 saturated carbocycles. The molecule has 1 N–H and O–H groups in total. The Morgan fingerprint density at radius 3 is 2.84 bits per heavy atom. The number of nitrogens with one attached hydrogen (secondary N) is 1. The maximum atomic E-state index is 14.3. The summed E-state index contributed by atoms with van der Waals surface area (Å²) in [6.07, 6.45) is 2.26. The summed E-state index contributed by atoms with van der Waals surface area (Å²) in [7, 11) is 2.04. The molecular formula is C23H27ClFN3O2S. The van der Waals surface area contributed by atoms with E-state index in [2.05, 4.69) is 17.1 Å². The third-order valence-electron chi connectivity index (χ3n) is 5.21. The number of amides is 2. The van der Waals surface area contributed by atoms with Gasteiger partial charge in [0.25, 0.3) is 5.91 Å². The summed E-state index contributed by atoms with van der Waals surface area (Å²) in [5.41, 5.74) is 1.34. The van der Waals surface area contributed by atoms with E-state index in [1.54, 1.807) is 18.2 Å². The average molecular weight is 464 g/mol. The molecule has 0 radical (unpaired) electrons. The molecule has 2 aromatic carbocycles. The zero-order valence-corrected chi connectivity index (χ0v) is 19.4. The predicted molar refractivity (Wildman–Crippen MR) is 125 cm³/mol. The monoisotopic (exact) mass is 463 g/mol. The van der Waals surface area contributed by atoms with Crippen molar-refractivity contribution in [2.24, 2.45) is 0 Å². The molecule has 5 nitrogen and oxygen atoms in total. The van der Waals surface area contributed by atoms with Crippen LogP contribution in [0.25, 0.3) is 0 Å². The van der Waals surface area contributed by atoms with Crippen LogP contribution in [0.2, 0.25) is 5.02 Å². The predicted octanol–water partition coefficient (Wildman–Crippen LogP) is 4.58. The first-order valence-corrected chi connectivity index (χ1v) is 11.7. The van der Waals surface area contributed by atoms with E-state index in [1.165, 1.54) is 28.8 Å². The molecule has 31 heavy (non-hydrogen) atoms. The highest BCUT2D eigenvalue weighted by atomic mass is 35.5. The summed E-state index contributed by atoms with van der Waals surface area (Å²) in [5, 5.41) is 3.21. The lowest BCUT2D eigenvalue weighted by Crippen LogP contribution is -2.36. The highest BCUT2D eigenvalue weighted by molar-refractivity contribution is 8.00. The number of likely N-dealkylation sites (N-methyl/N-ethyl adjacent to an activating group) is 1. The van der Waals surface area contributed by atoms with Gasteiger partial charge in [-0.15, -0.1) is 11.8 Å². The quantitative estimate of drug-likeness (QED) is 0.591. The molecule has 1 heterocycles. The summed E-state index contributed by atoms with van der Waals surface area (Å²) in [5.74, 6) is -0.541. The second-order valence-electron chi connectivity index (χ2n) is 7.56. The molecule has 0 fully saturated rings. The Morgan fingerprint density at radius 2 is 2.10 bits per heavy atom. The molecule has 0 unspecified atom stereocenters. The lowest BCUT2D eigenvalue weighted by atomic mass is 10.1. The Kier molecular flexibility index (Phi) is 8.35. The van der Waals surface area contributed by atoms with Gasteiger partial charge in [0.2, 0.25) is 5.91 Å². The summed E-state index contributed by atoms with van der Waals surface area (Å²) in [6, 6.07) is 9.75. The fraction of sp³-hybridized carbons (Fsp3) is 0.391. The zero-order valence-electron chi connectivity index (χ0n) is 17.8. The Morgan fingerprint density at radius 1 is 1.29 bits per heavy atom. The third-order valence-corrected chi connectivity index (χ3v) is 6.62. The molecule has 0 saturated heterocycles. The van der Waals surface area contributed by atoms with Crippen LogP contribution in [0.15, 0.2) is 41.3 Å². The normalized spacial score (nSPS) is 13.5. The van der Waals surface area contributed by atoms with Gasteiger partial charge in [-0.2, -0.15) is 0 Å². The molecule has 0 bridgehead atoms. The van der Waals surface area contributed by atoms with E-state index in [1.807, 2.05) is 13.1 Å². The number of benzene rings is 2. The highest BCUT2D eigenvalue weighted by Crippen LogP contribution is 2.37. The van der Waals surface area contributed by atoms with Gasteiger partial charge in [-0.25, -0.2) is 4.39 Å². The first kappa shape index (κ1) is 23.6. The van der Waals surface area contributed by atoms with Crippen molar-refractivity contribution >= 4 is 40.9 Å². The summed E-state index contributed by atoms with van der Waals surface area (Å²) < 4.78 is 14.3. The molecule has 8 heteroatoms. The number of hydrogen-bond acceptors (Lipinski definition) is 4. The summed E-state index contributed by atoms with van der Waals surface area (Å²) in [6.45, 7) is 4.47. The smallest absolute Gasteiger partial charge is 0.251 e. The van der Waals surface area contributed by atoms with Crippen molar-refractivity contribution in [1.82, 2.24) is 10.2 Å². The molecule has 3 rings (SSSR count). The van der Waals surface area contributed by atoms with E-state index in [0.717, 1.165) is 30.8 Å². The van der Waals surface area contributed by atoms with Gasteiger partial charge in [0.05, 0.1) is 18.0 Å². The molecule has 2 amide bonds. The van der Waals surface area contributed by atoms with Crippen molar-refractivity contribution in [1.29, 1.82) is 0 Å². The third kappa shape index (κ3) is 5.99. The molecular weight excluding hydrogens is 437 g/mol. The molecule has 0 spiro atoms. The number of thioether (sulfide) groups is 1. The first-order chi connectivity index (χ1) is 14.9. The van der Waals surface area contributed by atoms with E-state index in [9.17, 15) is 14.0 Å². The molecule has 1 aliphatic rings. The molecule has 0 aliphatic carbocycles. The lowest BCUT2D eigenvalue weighted by molar-refractivity contribution is -0.116. The van der Waals surface area contributed by atoms with Crippen molar-refractivity contribution in [3.05, 3.63) is 58.4 Å². The van der Waals surface area contributed by atoms with Crippen molar-refractivity contribution in [3.8, 4) is 0 Å². The van der Waals surface area contributed by atoms with Crippen LogP contribution in [0.5, 0.6) is 0 Å². The number of fused-ring (bicyclic) bond motifs is 1. The van der Waals surface area contributed by atoms with E-state index in [4.69, 9.17) is 11.6 Å². The van der Waals surface area contributed by atoms with Crippen LogP contribution in [0.4, 0.5) is 10.1 Å². The maximum absolute atomic E-state index is 14.3. The minimum atomic E-state index is -0.457. The topological polar surface area (TPSA) is 52.7 Å². The Balaban J connectivity index is 1.74. The van der Waals surface area contributed by atoms with Crippen LogP contribution >= 0.6 is 23.4 Å². The van der Waals surface area contributed by atoms with Gasteiger partial charge < -0.3 is 15.1 Å². The van der Waals surface area contributed by atoms with Crippen LogP contribution < -0.4 is 10.2 Å². The van der Waals surface area contributed by atoms with Gasteiger partial charge in [0, 0.05) is 34.1 Å². The van der Waals surface area contributed by atoms with E-state index in [-0.39, 0.29) is 34.7 Å². The van der Waals surface area contributed by atoms with Gasteiger partial charge in [-0.3, -0.25) is 9.59 Å². The minimum Gasteiger partial charge on any atom is -0.351 e. The molecule has 166 valence electrons. The number of carbonyl (C=O) groups is 2. The Hall–Kier alpha value is -2.09. The van der Waals surface area contributed by atoms with Gasteiger partial charge in [0.15, 0.2) is 0 Å². The summed E-state index contributed by atoms with van der Waals surface area (Å²) >= 11 is 7.58. The number of halogens is 2. The first-order valence-electron chi connectivity index (χ1n) is 10.4. The largest absolute Gasteiger partial charge is 0.351 e. The van der Waals surface area contributed by atoms with Crippen LogP contribution in [-0.4, -0.2) is 49.1 Å². The van der Waals surface area contributed by atoms with E-state index >= 15 is 0 Å². The molecule has 0 atom stereocenters. The van der Waals surface area contributed by atoms with Gasteiger partial charge in [-0.05, 0) is 50.3 Å². The number of rotatable bonds is 9. The summed E-state index contributed by atoms with van der Waals surface area (Å²) in [4.78, 5) is 29.9. The second kappa shape index (κ2) is 11.0. The standard InChI is InChI=1S/C23H27ClFN3O2S/c1-3-4-11-27(2)12-10-26-23(30)16-8-9-21-20(13-16)28(22(29)15-31-21)14-17-18(24)6-5-7-19(17)25/h5-9,13H,3-4,10-12,14-15H2,1-2H3,(H,26,30). The lowest BCUT2D eigenvalue weighted by Gasteiger charge is -2.30. The van der Waals surface area contributed by atoms with Crippen molar-refractivity contribution in [3.63, 3.8) is 0 Å². The maximum Gasteiger partial charge on any atom is 0.251 e. The number of nitrogens with zero attached hydrogens (tertiary/aromatic N) is 2.